The number of imidazole rings is 2. The third-order valence-corrected chi connectivity index (χ3v) is 9.84. The van der Waals surface area contributed by atoms with Gasteiger partial charge in [-0.15, -0.1) is 0 Å². The van der Waals surface area contributed by atoms with Gasteiger partial charge in [0.15, 0.2) is 5.66 Å². The molecule has 2 fully saturated rings. The SMILES string of the molecule is COC(=O)NCC(=O)N1CCC[C@H]1c1ncc(-c2ccc(-c3ccc(-c4cnc([C@]5(N)CCCN5C(=O)[C@@H](NC(=O)OC)C(C)C)[nH]4)cc3)cc2)[nH]1. The van der Waals surface area contributed by atoms with E-state index in [-0.39, 0.29) is 30.3 Å². The van der Waals surface area contributed by atoms with Crippen molar-refractivity contribution in [3.63, 3.8) is 0 Å². The number of nitrogens with zero attached hydrogens (tertiary/aromatic N) is 4. The fourth-order valence-electron chi connectivity index (χ4n) is 6.96. The topological polar surface area (TPSA) is 201 Å². The highest BCUT2D eigenvalue weighted by molar-refractivity contribution is 5.87. The van der Waals surface area contributed by atoms with Gasteiger partial charge in [-0.1, -0.05) is 62.4 Å². The van der Waals surface area contributed by atoms with Crippen molar-refractivity contribution in [1.29, 1.82) is 0 Å². The van der Waals surface area contributed by atoms with E-state index in [4.69, 9.17) is 10.5 Å². The number of aromatic amines is 2. The van der Waals surface area contributed by atoms with E-state index in [9.17, 15) is 19.2 Å². The third kappa shape index (κ3) is 7.35. The Labute approximate surface area is 301 Å². The van der Waals surface area contributed by atoms with Crippen molar-refractivity contribution in [2.45, 2.75) is 57.3 Å². The normalized spacial score (nSPS) is 19.1. The smallest absolute Gasteiger partial charge is 0.407 e. The number of amides is 4. The number of hydrogen-bond donors (Lipinski definition) is 5. The number of likely N-dealkylation sites (tertiary alicyclic amines) is 2. The Morgan fingerprint density at radius 2 is 1.46 bits per heavy atom. The van der Waals surface area contributed by atoms with Gasteiger partial charge >= 0.3 is 12.2 Å². The molecule has 2 aliphatic heterocycles. The molecule has 0 radical (unpaired) electrons. The first kappa shape index (κ1) is 36.1. The number of nitrogens with two attached hydrogens (primary N) is 1. The molecular weight excluding hydrogens is 666 g/mol. The zero-order valence-corrected chi connectivity index (χ0v) is 29.8. The number of hydrogen-bond acceptors (Lipinski definition) is 9. The lowest BCUT2D eigenvalue weighted by Gasteiger charge is -2.36. The van der Waals surface area contributed by atoms with Crippen molar-refractivity contribution in [2.75, 3.05) is 33.9 Å². The van der Waals surface area contributed by atoms with Crippen LogP contribution in [0.3, 0.4) is 0 Å². The summed E-state index contributed by atoms with van der Waals surface area (Å²) in [6.07, 6.45) is 5.05. The molecule has 274 valence electrons. The number of H-pyrrole nitrogens is 2. The van der Waals surface area contributed by atoms with Gasteiger partial charge in [0.2, 0.25) is 11.8 Å². The Morgan fingerprint density at radius 3 is 2.08 bits per heavy atom. The van der Waals surface area contributed by atoms with Gasteiger partial charge in [-0.3, -0.25) is 9.59 Å². The Hall–Kier alpha value is -5.70. The molecule has 15 nitrogen and oxygen atoms in total. The van der Waals surface area contributed by atoms with Gasteiger partial charge in [-0.2, -0.15) is 0 Å². The number of rotatable bonds is 10. The highest BCUT2D eigenvalue weighted by Crippen LogP contribution is 2.36. The number of alkyl carbamates (subject to hydrolysis) is 2. The summed E-state index contributed by atoms with van der Waals surface area (Å²) in [5.41, 5.74) is 11.3. The molecule has 4 aromatic rings. The van der Waals surface area contributed by atoms with Crippen molar-refractivity contribution in [2.24, 2.45) is 11.7 Å². The molecule has 2 aliphatic rings. The highest BCUT2D eigenvalue weighted by Gasteiger charge is 2.46. The summed E-state index contributed by atoms with van der Waals surface area (Å²) >= 11 is 0. The Morgan fingerprint density at radius 1 is 0.865 bits per heavy atom. The molecule has 0 bridgehead atoms. The first-order valence-corrected chi connectivity index (χ1v) is 17.4. The minimum atomic E-state index is -1.14. The highest BCUT2D eigenvalue weighted by atomic mass is 16.5. The fourth-order valence-corrected chi connectivity index (χ4v) is 6.96. The van der Waals surface area contributed by atoms with Crippen LogP contribution in [0.15, 0.2) is 60.9 Å². The van der Waals surface area contributed by atoms with Gasteiger partial charge in [-0.25, -0.2) is 19.6 Å². The summed E-state index contributed by atoms with van der Waals surface area (Å²) < 4.78 is 9.31. The molecule has 15 heteroatoms. The van der Waals surface area contributed by atoms with Crippen LogP contribution in [0.25, 0.3) is 33.6 Å². The fraction of sp³-hybridized carbons (Fsp3) is 0.405. The van der Waals surface area contributed by atoms with Gasteiger partial charge in [-0.05, 0) is 53.9 Å². The van der Waals surface area contributed by atoms with Crippen molar-refractivity contribution in [3.05, 3.63) is 72.6 Å². The first-order valence-electron chi connectivity index (χ1n) is 17.4. The molecule has 52 heavy (non-hydrogen) atoms. The lowest BCUT2D eigenvalue weighted by Crippen LogP contribution is -2.59. The van der Waals surface area contributed by atoms with Crippen LogP contribution in [-0.2, 0) is 24.7 Å². The lowest BCUT2D eigenvalue weighted by molar-refractivity contribution is -0.139. The van der Waals surface area contributed by atoms with Gasteiger partial charge in [0.25, 0.3) is 0 Å². The minimum Gasteiger partial charge on any atom is -0.453 e. The number of methoxy groups -OCH3 is 2. The van der Waals surface area contributed by atoms with E-state index in [1.807, 2.05) is 62.4 Å². The molecule has 4 amide bonds. The van der Waals surface area contributed by atoms with E-state index < -0.39 is 23.9 Å². The number of carbonyl (C=O) groups excluding carboxylic acids is 4. The predicted octanol–water partition coefficient (Wildman–Crippen LogP) is 4.27. The van der Waals surface area contributed by atoms with Crippen LogP contribution in [0.2, 0.25) is 0 Å². The third-order valence-electron chi connectivity index (χ3n) is 9.84. The Bertz CT molecular complexity index is 1900. The molecule has 2 aromatic carbocycles. The number of carbonyl (C=O) groups is 4. The molecule has 0 aliphatic carbocycles. The molecule has 2 aromatic heterocycles. The number of ether oxygens (including phenoxy) is 2. The Kier molecular flexibility index (Phi) is 10.6. The van der Waals surface area contributed by atoms with Gasteiger partial charge < -0.3 is 45.6 Å². The lowest BCUT2D eigenvalue weighted by atomic mass is 10.0. The quantitative estimate of drug-likeness (QED) is 0.159. The molecular formula is C37H45N9O6. The minimum absolute atomic E-state index is 0.130. The molecule has 4 heterocycles. The van der Waals surface area contributed by atoms with E-state index in [1.165, 1.54) is 14.2 Å². The largest absolute Gasteiger partial charge is 0.453 e. The van der Waals surface area contributed by atoms with E-state index >= 15 is 0 Å². The summed E-state index contributed by atoms with van der Waals surface area (Å²) in [7, 11) is 2.52. The first-order chi connectivity index (χ1) is 25.0. The van der Waals surface area contributed by atoms with Crippen LogP contribution in [-0.4, -0.2) is 93.6 Å². The molecule has 2 saturated heterocycles. The molecule has 3 atom stereocenters. The maximum absolute atomic E-state index is 13.6. The predicted molar refractivity (Wildman–Crippen MR) is 192 cm³/mol. The van der Waals surface area contributed by atoms with Gasteiger partial charge in [0, 0.05) is 13.1 Å². The molecule has 0 spiro atoms. The Balaban J connectivity index is 1.11. The average Bonchev–Trinajstić information content (AvgIpc) is 3.99. The number of aromatic nitrogens is 4. The number of benzene rings is 2. The summed E-state index contributed by atoms with van der Waals surface area (Å²) in [5, 5.41) is 5.10. The van der Waals surface area contributed by atoms with Crippen LogP contribution in [0, 0.1) is 5.92 Å². The summed E-state index contributed by atoms with van der Waals surface area (Å²) in [5.74, 6) is 0.562. The second-order valence-corrected chi connectivity index (χ2v) is 13.4. The van der Waals surface area contributed by atoms with E-state index in [2.05, 4.69) is 35.3 Å². The average molecular weight is 712 g/mol. The van der Waals surface area contributed by atoms with E-state index in [0.29, 0.717) is 37.6 Å². The van der Waals surface area contributed by atoms with Crippen LogP contribution in [0.1, 0.15) is 57.2 Å². The molecule has 6 N–H and O–H groups in total. The van der Waals surface area contributed by atoms with Crippen LogP contribution in [0.5, 0.6) is 0 Å². The second kappa shape index (κ2) is 15.3. The van der Waals surface area contributed by atoms with Crippen LogP contribution >= 0.6 is 0 Å². The van der Waals surface area contributed by atoms with Crippen molar-refractivity contribution >= 4 is 24.0 Å². The van der Waals surface area contributed by atoms with Gasteiger partial charge in [0.05, 0.1) is 44.0 Å². The summed E-state index contributed by atoms with van der Waals surface area (Å²) in [4.78, 5) is 69.0. The van der Waals surface area contributed by atoms with Crippen molar-refractivity contribution in [1.82, 2.24) is 40.4 Å². The van der Waals surface area contributed by atoms with E-state index in [1.54, 1.807) is 22.2 Å². The van der Waals surface area contributed by atoms with Crippen molar-refractivity contribution < 1.29 is 28.7 Å². The standard InChI is InChI=1S/C37H45N9O6/c1-22(2)31(44-36(50)52-4)33(48)46-18-6-16-37(46,38)34-40-20-28(43-34)26-14-10-24(11-15-26)23-8-12-25(13-9-23)27-19-39-32(42-27)29-7-5-17-45(29)30(47)21-41-35(49)51-3/h8-15,19-20,22,29,31H,5-7,16-18,21,38H2,1-4H3,(H,39,42)(H,40,43)(H,41,49)(H,44,50)/t29-,31-,37-/m0/s1. The monoisotopic (exact) mass is 711 g/mol. The van der Waals surface area contributed by atoms with Crippen LogP contribution < -0.4 is 16.4 Å². The maximum atomic E-state index is 13.6. The summed E-state index contributed by atoms with van der Waals surface area (Å²) in [6, 6.07) is 15.3. The van der Waals surface area contributed by atoms with E-state index in [0.717, 1.165) is 46.5 Å². The zero-order chi connectivity index (χ0) is 37.0. The van der Waals surface area contributed by atoms with Gasteiger partial charge in [0.1, 0.15) is 24.2 Å². The second-order valence-electron chi connectivity index (χ2n) is 13.4. The molecule has 0 saturated carbocycles. The van der Waals surface area contributed by atoms with Crippen molar-refractivity contribution in [3.8, 4) is 33.6 Å². The number of nitrogens with one attached hydrogen (secondary N) is 4. The molecule has 6 rings (SSSR count). The summed E-state index contributed by atoms with van der Waals surface area (Å²) in [6.45, 7) is 4.64. The molecule has 0 unspecified atom stereocenters. The van der Waals surface area contributed by atoms with Crippen LogP contribution in [0.4, 0.5) is 9.59 Å². The maximum Gasteiger partial charge on any atom is 0.407 e. The zero-order valence-electron chi connectivity index (χ0n) is 29.8.